The van der Waals surface area contributed by atoms with Gasteiger partial charge < -0.3 is 0 Å². The predicted octanol–water partition coefficient (Wildman–Crippen LogP) is 5.15. The average Bonchev–Trinajstić information content (AvgIpc) is 2.76. The Morgan fingerprint density at radius 2 is 1.81 bits per heavy atom. The maximum absolute atomic E-state index is 11.8. The van der Waals surface area contributed by atoms with E-state index >= 15 is 0 Å². The zero-order valence-corrected chi connectivity index (χ0v) is 14.0. The summed E-state index contributed by atoms with van der Waals surface area (Å²) in [5.41, 5.74) is 2.47. The molecule has 0 radical (unpaired) electrons. The molecule has 4 aliphatic rings. The fraction of sp³-hybridized carbons (Fsp3) is 0.850. The number of fused-ring (bicyclic) bond motifs is 5. The highest BCUT2D eigenvalue weighted by Gasteiger charge is 2.57. The van der Waals surface area contributed by atoms with Crippen molar-refractivity contribution in [2.24, 2.45) is 34.5 Å². The van der Waals surface area contributed by atoms with Crippen LogP contribution >= 0.6 is 0 Å². The van der Waals surface area contributed by atoms with Gasteiger partial charge in [0.05, 0.1) is 0 Å². The molecule has 116 valence electrons. The Balaban J connectivity index is 1.69. The molecule has 0 heterocycles. The van der Waals surface area contributed by atoms with Crippen molar-refractivity contribution < 1.29 is 4.79 Å². The highest BCUT2D eigenvalue weighted by atomic mass is 16.1. The van der Waals surface area contributed by atoms with Crippen molar-refractivity contribution in [3.8, 4) is 0 Å². The van der Waals surface area contributed by atoms with Crippen molar-refractivity contribution in [2.75, 3.05) is 0 Å². The van der Waals surface area contributed by atoms with Gasteiger partial charge in [0.1, 0.15) is 0 Å². The van der Waals surface area contributed by atoms with Crippen molar-refractivity contribution in [3.63, 3.8) is 0 Å². The van der Waals surface area contributed by atoms with E-state index in [1.165, 1.54) is 44.1 Å². The van der Waals surface area contributed by atoms with Crippen molar-refractivity contribution in [1.82, 2.24) is 0 Å². The summed E-state index contributed by atoms with van der Waals surface area (Å²) in [7, 11) is 0. The second-order valence-corrected chi connectivity index (χ2v) is 8.99. The molecular weight excluding hydrogens is 256 g/mol. The van der Waals surface area contributed by atoms with Gasteiger partial charge in [0.15, 0.2) is 5.78 Å². The van der Waals surface area contributed by atoms with Crippen LogP contribution in [-0.2, 0) is 4.79 Å². The van der Waals surface area contributed by atoms with Crippen molar-refractivity contribution in [2.45, 2.75) is 72.1 Å². The fourth-order valence-electron chi connectivity index (χ4n) is 6.82. The Labute approximate surface area is 129 Å². The number of rotatable bonds is 0. The highest BCUT2D eigenvalue weighted by Crippen LogP contribution is 2.66. The van der Waals surface area contributed by atoms with Gasteiger partial charge in [-0.25, -0.2) is 0 Å². The fourth-order valence-corrected chi connectivity index (χ4v) is 6.82. The molecule has 0 aromatic carbocycles. The summed E-state index contributed by atoms with van der Waals surface area (Å²) in [6.07, 6.45) is 12.2. The first-order chi connectivity index (χ1) is 9.95. The standard InChI is InChI=1S/C20H30O/c1-13-4-7-17-16-6-5-14-12-15(21)8-10-20(14,3)18(16)9-11-19(13,17)2/h12-13,16-18H,4-11H2,1-3H3/t13?,16?,17-,18-,19?,20?/m0/s1. The number of hydrogen-bond acceptors (Lipinski definition) is 1. The summed E-state index contributed by atoms with van der Waals surface area (Å²) in [4.78, 5) is 11.8. The third-order valence-corrected chi connectivity index (χ3v) is 8.44. The first kappa shape index (κ1) is 14.0. The van der Waals surface area contributed by atoms with Crippen LogP contribution in [-0.4, -0.2) is 5.78 Å². The maximum Gasteiger partial charge on any atom is 0.155 e. The van der Waals surface area contributed by atoms with Crippen LogP contribution in [0.5, 0.6) is 0 Å². The van der Waals surface area contributed by atoms with Gasteiger partial charge >= 0.3 is 0 Å². The van der Waals surface area contributed by atoms with Crippen LogP contribution in [0, 0.1) is 34.5 Å². The summed E-state index contributed by atoms with van der Waals surface area (Å²) in [5, 5.41) is 0. The van der Waals surface area contributed by atoms with E-state index < -0.39 is 0 Å². The first-order valence-corrected chi connectivity index (χ1v) is 9.19. The second-order valence-electron chi connectivity index (χ2n) is 8.99. The monoisotopic (exact) mass is 286 g/mol. The van der Waals surface area contributed by atoms with Crippen molar-refractivity contribution in [1.29, 1.82) is 0 Å². The zero-order valence-electron chi connectivity index (χ0n) is 14.0. The minimum Gasteiger partial charge on any atom is -0.295 e. The van der Waals surface area contributed by atoms with Crippen LogP contribution in [0.25, 0.3) is 0 Å². The molecule has 1 heteroatoms. The molecular formula is C20H30O. The quantitative estimate of drug-likeness (QED) is 0.601. The summed E-state index contributed by atoms with van der Waals surface area (Å²) in [6.45, 7) is 7.57. The van der Waals surface area contributed by atoms with Crippen LogP contribution in [0.15, 0.2) is 11.6 Å². The Bertz CT molecular complexity index is 504. The Hall–Kier alpha value is -0.590. The molecule has 4 unspecified atom stereocenters. The molecule has 0 aliphatic heterocycles. The lowest BCUT2D eigenvalue weighted by molar-refractivity contribution is -0.117. The lowest BCUT2D eigenvalue weighted by atomic mass is 9.47. The van der Waals surface area contributed by atoms with Crippen LogP contribution in [0.2, 0.25) is 0 Å². The van der Waals surface area contributed by atoms with Gasteiger partial charge in [0.2, 0.25) is 0 Å². The van der Waals surface area contributed by atoms with E-state index in [-0.39, 0.29) is 0 Å². The van der Waals surface area contributed by atoms with Gasteiger partial charge in [-0.05, 0) is 85.5 Å². The molecule has 1 nitrogen and oxygen atoms in total. The molecule has 6 atom stereocenters. The molecule has 0 aromatic heterocycles. The lowest BCUT2D eigenvalue weighted by Gasteiger charge is -2.58. The topological polar surface area (TPSA) is 17.1 Å². The van der Waals surface area contributed by atoms with Crippen LogP contribution < -0.4 is 0 Å². The number of allylic oxidation sites excluding steroid dienone is 1. The van der Waals surface area contributed by atoms with Crippen molar-refractivity contribution >= 4 is 5.78 Å². The molecule has 3 saturated carbocycles. The van der Waals surface area contributed by atoms with E-state index in [2.05, 4.69) is 20.8 Å². The molecule has 0 saturated heterocycles. The van der Waals surface area contributed by atoms with Gasteiger partial charge in [-0.3, -0.25) is 4.79 Å². The van der Waals surface area contributed by atoms with E-state index in [9.17, 15) is 4.79 Å². The largest absolute Gasteiger partial charge is 0.295 e. The Morgan fingerprint density at radius 3 is 2.62 bits per heavy atom. The number of carbonyl (C=O) groups excluding carboxylic acids is 1. The molecule has 0 N–H and O–H groups in total. The summed E-state index contributed by atoms with van der Waals surface area (Å²) < 4.78 is 0. The molecule has 0 aromatic rings. The summed E-state index contributed by atoms with van der Waals surface area (Å²) in [6, 6.07) is 0. The van der Waals surface area contributed by atoms with E-state index in [1.54, 1.807) is 0 Å². The van der Waals surface area contributed by atoms with E-state index in [1.807, 2.05) is 6.08 Å². The highest BCUT2D eigenvalue weighted by molar-refractivity contribution is 5.91. The van der Waals surface area contributed by atoms with Crippen LogP contribution in [0.1, 0.15) is 72.1 Å². The SMILES string of the molecule is CC1CC[C@H]2C3CCC4=CC(=O)CCC4(C)[C@H]3CCC12C. The first-order valence-electron chi connectivity index (χ1n) is 9.19. The van der Waals surface area contributed by atoms with Gasteiger partial charge in [-0.15, -0.1) is 0 Å². The second kappa shape index (κ2) is 4.46. The minimum atomic E-state index is 0.351. The molecule has 21 heavy (non-hydrogen) atoms. The average molecular weight is 286 g/mol. The van der Waals surface area contributed by atoms with Crippen LogP contribution in [0.3, 0.4) is 0 Å². The molecule has 3 fully saturated rings. The van der Waals surface area contributed by atoms with Gasteiger partial charge in [-0.1, -0.05) is 26.3 Å². The smallest absolute Gasteiger partial charge is 0.155 e. The predicted molar refractivity (Wildman–Crippen MR) is 85.9 cm³/mol. The molecule has 0 amide bonds. The van der Waals surface area contributed by atoms with Gasteiger partial charge in [0.25, 0.3) is 0 Å². The minimum absolute atomic E-state index is 0.351. The van der Waals surface area contributed by atoms with E-state index in [0.717, 1.165) is 36.5 Å². The zero-order chi connectivity index (χ0) is 14.8. The third-order valence-electron chi connectivity index (χ3n) is 8.44. The Morgan fingerprint density at radius 1 is 1.00 bits per heavy atom. The van der Waals surface area contributed by atoms with E-state index in [4.69, 9.17) is 0 Å². The third kappa shape index (κ3) is 1.79. The van der Waals surface area contributed by atoms with Crippen molar-refractivity contribution in [3.05, 3.63) is 11.6 Å². The van der Waals surface area contributed by atoms with Gasteiger partial charge in [0, 0.05) is 6.42 Å². The van der Waals surface area contributed by atoms with Crippen LogP contribution in [0.4, 0.5) is 0 Å². The summed E-state index contributed by atoms with van der Waals surface area (Å²) in [5.74, 6) is 4.05. The summed E-state index contributed by atoms with van der Waals surface area (Å²) >= 11 is 0. The number of hydrogen-bond donors (Lipinski definition) is 0. The molecule has 4 aliphatic carbocycles. The normalized spacial score (nSPS) is 52.7. The maximum atomic E-state index is 11.8. The lowest BCUT2D eigenvalue weighted by Crippen LogP contribution is -2.50. The molecule has 0 bridgehead atoms. The number of ketones is 1. The Kier molecular flexibility index (Phi) is 2.98. The van der Waals surface area contributed by atoms with E-state index in [0.29, 0.717) is 16.6 Å². The molecule has 0 spiro atoms. The molecule has 4 rings (SSSR count). The van der Waals surface area contributed by atoms with Gasteiger partial charge in [-0.2, -0.15) is 0 Å². The number of carbonyl (C=O) groups is 1.